The molecule has 0 amide bonds. The molecular weight excluding hydrogens is 200 g/mol. The standard InChI is InChI=1S/C13H28N2O/c1-4-6-12(16-3)13(15-14)11-8-5-7-10(2)9-11/h10-13,15H,4-9,14H2,1-3H3. The predicted octanol–water partition coefficient (Wildman–Crippen LogP) is 2.46. The molecule has 3 nitrogen and oxygen atoms in total. The fourth-order valence-electron chi connectivity index (χ4n) is 3.08. The van der Waals surface area contributed by atoms with Crippen LogP contribution in [0.15, 0.2) is 0 Å². The summed E-state index contributed by atoms with van der Waals surface area (Å²) in [6, 6.07) is 0.327. The predicted molar refractivity (Wildman–Crippen MR) is 67.9 cm³/mol. The van der Waals surface area contributed by atoms with Crippen LogP contribution in [0.4, 0.5) is 0 Å². The van der Waals surface area contributed by atoms with Gasteiger partial charge in [-0.2, -0.15) is 0 Å². The third kappa shape index (κ3) is 3.72. The second-order valence-corrected chi connectivity index (χ2v) is 5.29. The van der Waals surface area contributed by atoms with E-state index in [0.717, 1.165) is 18.8 Å². The second kappa shape index (κ2) is 7.25. The quantitative estimate of drug-likeness (QED) is 0.542. The lowest BCUT2D eigenvalue weighted by atomic mass is 9.77. The molecule has 1 saturated carbocycles. The van der Waals surface area contributed by atoms with Crippen LogP contribution >= 0.6 is 0 Å². The summed E-state index contributed by atoms with van der Waals surface area (Å²) in [7, 11) is 1.80. The zero-order valence-electron chi connectivity index (χ0n) is 11.0. The molecule has 1 aliphatic carbocycles. The van der Waals surface area contributed by atoms with Crippen molar-refractivity contribution < 1.29 is 4.74 Å². The van der Waals surface area contributed by atoms with Gasteiger partial charge in [-0.25, -0.2) is 0 Å². The summed E-state index contributed by atoms with van der Waals surface area (Å²) in [5, 5.41) is 0. The molecule has 96 valence electrons. The van der Waals surface area contributed by atoms with Crippen molar-refractivity contribution in [3.63, 3.8) is 0 Å². The van der Waals surface area contributed by atoms with Crippen LogP contribution in [0.3, 0.4) is 0 Å². The van der Waals surface area contributed by atoms with E-state index < -0.39 is 0 Å². The molecular formula is C13H28N2O. The van der Waals surface area contributed by atoms with Crippen LogP contribution < -0.4 is 11.3 Å². The fraction of sp³-hybridized carbons (Fsp3) is 1.00. The van der Waals surface area contributed by atoms with Gasteiger partial charge < -0.3 is 4.74 Å². The molecule has 0 spiro atoms. The first-order valence-electron chi connectivity index (χ1n) is 6.71. The highest BCUT2D eigenvalue weighted by molar-refractivity contribution is 4.85. The number of nitrogens with one attached hydrogen (secondary N) is 1. The van der Waals surface area contributed by atoms with E-state index in [9.17, 15) is 0 Å². The van der Waals surface area contributed by atoms with E-state index in [2.05, 4.69) is 19.3 Å². The van der Waals surface area contributed by atoms with Gasteiger partial charge in [0.2, 0.25) is 0 Å². The van der Waals surface area contributed by atoms with Gasteiger partial charge in [0.1, 0.15) is 0 Å². The van der Waals surface area contributed by atoms with Gasteiger partial charge >= 0.3 is 0 Å². The average Bonchev–Trinajstić information content (AvgIpc) is 2.29. The van der Waals surface area contributed by atoms with Gasteiger partial charge in [-0.15, -0.1) is 0 Å². The van der Waals surface area contributed by atoms with Crippen molar-refractivity contribution in [2.45, 2.75) is 64.5 Å². The van der Waals surface area contributed by atoms with Gasteiger partial charge in [-0.1, -0.05) is 33.1 Å². The van der Waals surface area contributed by atoms with E-state index in [1.54, 1.807) is 7.11 Å². The van der Waals surface area contributed by atoms with Crippen LogP contribution in [0.5, 0.6) is 0 Å². The Morgan fingerprint density at radius 3 is 2.69 bits per heavy atom. The first kappa shape index (κ1) is 13.9. The molecule has 0 radical (unpaired) electrons. The number of nitrogens with two attached hydrogens (primary N) is 1. The van der Waals surface area contributed by atoms with Crippen LogP contribution in [-0.4, -0.2) is 19.3 Å². The largest absolute Gasteiger partial charge is 0.380 e. The summed E-state index contributed by atoms with van der Waals surface area (Å²) < 4.78 is 5.59. The zero-order chi connectivity index (χ0) is 12.0. The molecule has 3 N–H and O–H groups in total. The summed E-state index contributed by atoms with van der Waals surface area (Å²) >= 11 is 0. The van der Waals surface area contributed by atoms with Crippen molar-refractivity contribution in [2.24, 2.45) is 17.7 Å². The molecule has 0 bridgehead atoms. The van der Waals surface area contributed by atoms with Crippen molar-refractivity contribution >= 4 is 0 Å². The Kier molecular flexibility index (Phi) is 6.32. The Morgan fingerprint density at radius 2 is 2.19 bits per heavy atom. The maximum atomic E-state index is 5.73. The van der Waals surface area contributed by atoms with Gasteiger partial charge in [0.25, 0.3) is 0 Å². The normalized spacial score (nSPS) is 30.0. The number of methoxy groups -OCH3 is 1. The Labute approximate surface area is 100 Å². The zero-order valence-corrected chi connectivity index (χ0v) is 11.0. The first-order valence-corrected chi connectivity index (χ1v) is 6.71. The highest BCUT2D eigenvalue weighted by Crippen LogP contribution is 2.32. The highest BCUT2D eigenvalue weighted by atomic mass is 16.5. The maximum absolute atomic E-state index is 5.73. The topological polar surface area (TPSA) is 47.3 Å². The highest BCUT2D eigenvalue weighted by Gasteiger charge is 2.31. The Balaban J connectivity index is 2.56. The molecule has 1 rings (SSSR count). The Hall–Kier alpha value is -0.120. The SMILES string of the molecule is CCCC(OC)C(NN)C1CCCC(C)C1. The molecule has 0 saturated heterocycles. The minimum Gasteiger partial charge on any atom is -0.380 e. The molecule has 0 aliphatic heterocycles. The molecule has 4 atom stereocenters. The summed E-state index contributed by atoms with van der Waals surface area (Å²) in [6.45, 7) is 4.55. The fourth-order valence-corrected chi connectivity index (χ4v) is 3.08. The van der Waals surface area contributed by atoms with Gasteiger partial charge in [-0.3, -0.25) is 11.3 Å². The number of hydrogen-bond acceptors (Lipinski definition) is 3. The van der Waals surface area contributed by atoms with Crippen molar-refractivity contribution in [3.8, 4) is 0 Å². The lowest BCUT2D eigenvalue weighted by Gasteiger charge is -2.36. The van der Waals surface area contributed by atoms with E-state index >= 15 is 0 Å². The molecule has 0 aromatic heterocycles. The molecule has 16 heavy (non-hydrogen) atoms. The average molecular weight is 228 g/mol. The van der Waals surface area contributed by atoms with Crippen LogP contribution in [0.25, 0.3) is 0 Å². The number of ether oxygens (including phenoxy) is 1. The van der Waals surface area contributed by atoms with Gasteiger partial charge in [0, 0.05) is 7.11 Å². The molecule has 1 fully saturated rings. The molecule has 3 heteroatoms. The second-order valence-electron chi connectivity index (χ2n) is 5.29. The van der Waals surface area contributed by atoms with Gasteiger partial charge in [-0.05, 0) is 31.1 Å². The monoisotopic (exact) mass is 228 g/mol. The number of hydrogen-bond donors (Lipinski definition) is 2. The van der Waals surface area contributed by atoms with Gasteiger partial charge in [0.15, 0.2) is 0 Å². The van der Waals surface area contributed by atoms with Crippen molar-refractivity contribution in [3.05, 3.63) is 0 Å². The Bertz CT molecular complexity index is 187. The van der Waals surface area contributed by atoms with Gasteiger partial charge in [0.05, 0.1) is 12.1 Å². The third-order valence-electron chi connectivity index (χ3n) is 3.95. The van der Waals surface area contributed by atoms with E-state index in [4.69, 9.17) is 10.6 Å². The smallest absolute Gasteiger partial charge is 0.0740 e. The van der Waals surface area contributed by atoms with E-state index in [1.807, 2.05) is 0 Å². The number of rotatable bonds is 6. The molecule has 0 heterocycles. The van der Waals surface area contributed by atoms with Crippen LogP contribution in [0.1, 0.15) is 52.4 Å². The van der Waals surface area contributed by atoms with Crippen LogP contribution in [-0.2, 0) is 4.74 Å². The van der Waals surface area contributed by atoms with Crippen molar-refractivity contribution in [1.29, 1.82) is 0 Å². The maximum Gasteiger partial charge on any atom is 0.0740 e. The lowest BCUT2D eigenvalue weighted by molar-refractivity contribution is 0.0286. The van der Waals surface area contributed by atoms with Crippen LogP contribution in [0, 0.1) is 11.8 Å². The molecule has 0 aromatic carbocycles. The van der Waals surface area contributed by atoms with Crippen molar-refractivity contribution in [1.82, 2.24) is 5.43 Å². The summed E-state index contributed by atoms with van der Waals surface area (Å²) in [4.78, 5) is 0. The van der Waals surface area contributed by atoms with E-state index in [0.29, 0.717) is 12.0 Å². The minimum absolute atomic E-state index is 0.269. The van der Waals surface area contributed by atoms with Crippen molar-refractivity contribution in [2.75, 3.05) is 7.11 Å². The molecule has 1 aliphatic rings. The lowest BCUT2D eigenvalue weighted by Crippen LogP contribution is -2.50. The Morgan fingerprint density at radius 1 is 1.44 bits per heavy atom. The van der Waals surface area contributed by atoms with E-state index in [1.165, 1.54) is 25.7 Å². The molecule has 4 unspecified atom stereocenters. The molecule has 0 aromatic rings. The third-order valence-corrected chi connectivity index (χ3v) is 3.95. The van der Waals surface area contributed by atoms with E-state index in [-0.39, 0.29) is 6.10 Å². The summed E-state index contributed by atoms with van der Waals surface area (Å²) in [5.74, 6) is 7.25. The summed E-state index contributed by atoms with van der Waals surface area (Å²) in [5.41, 5.74) is 3.00. The minimum atomic E-state index is 0.269. The number of hydrazine groups is 1. The first-order chi connectivity index (χ1) is 7.72. The summed E-state index contributed by atoms with van der Waals surface area (Å²) in [6.07, 6.45) is 7.81. The van der Waals surface area contributed by atoms with Crippen LogP contribution in [0.2, 0.25) is 0 Å².